The standard InChI is InChI=1S/C21H16F3N3O2/c22-21(23,24)14-29-19-8-5-17(12-16(19)13-25)26-20(28)11-15-3-6-18(7-4-15)27-9-1-2-10-27/h1-10,12H,11,14H2,(H,26,28). The number of carbonyl (C=O) groups is 1. The number of hydrogen-bond donors (Lipinski definition) is 1. The number of nitrogens with zero attached hydrogens (tertiary/aromatic N) is 2. The van der Waals surface area contributed by atoms with Gasteiger partial charge in [-0.25, -0.2) is 0 Å². The molecule has 148 valence electrons. The number of carbonyl (C=O) groups excluding carboxylic acids is 1. The van der Waals surface area contributed by atoms with E-state index in [2.05, 4.69) is 10.1 Å². The van der Waals surface area contributed by atoms with Crippen molar-refractivity contribution in [2.24, 2.45) is 0 Å². The van der Waals surface area contributed by atoms with Crippen molar-refractivity contribution >= 4 is 11.6 Å². The van der Waals surface area contributed by atoms with Crippen molar-refractivity contribution in [2.45, 2.75) is 12.6 Å². The van der Waals surface area contributed by atoms with Crippen molar-refractivity contribution < 1.29 is 22.7 Å². The number of alkyl halides is 3. The first-order chi connectivity index (χ1) is 13.8. The van der Waals surface area contributed by atoms with Crippen LogP contribution in [0.2, 0.25) is 0 Å². The van der Waals surface area contributed by atoms with Gasteiger partial charge in [-0.3, -0.25) is 4.79 Å². The fourth-order valence-electron chi connectivity index (χ4n) is 2.66. The molecule has 0 saturated carbocycles. The zero-order chi connectivity index (χ0) is 20.9. The first-order valence-corrected chi connectivity index (χ1v) is 8.60. The SMILES string of the molecule is N#Cc1cc(NC(=O)Cc2ccc(-n3cccc3)cc2)ccc1OCC(F)(F)F. The van der Waals surface area contributed by atoms with Crippen molar-refractivity contribution in [3.8, 4) is 17.5 Å². The molecule has 3 aromatic rings. The second kappa shape index (κ2) is 8.52. The Hall–Kier alpha value is -3.73. The minimum Gasteiger partial charge on any atom is -0.483 e. The number of aromatic nitrogens is 1. The van der Waals surface area contributed by atoms with Crippen molar-refractivity contribution in [1.82, 2.24) is 4.57 Å². The normalized spacial score (nSPS) is 11.0. The molecule has 0 spiro atoms. The lowest BCUT2D eigenvalue weighted by molar-refractivity contribution is -0.153. The Labute approximate surface area is 165 Å². The van der Waals surface area contributed by atoms with E-state index in [1.165, 1.54) is 18.2 Å². The first kappa shape index (κ1) is 20.0. The molecule has 0 unspecified atom stereocenters. The van der Waals surface area contributed by atoms with Gasteiger partial charge in [0.2, 0.25) is 5.91 Å². The summed E-state index contributed by atoms with van der Waals surface area (Å²) in [4.78, 5) is 12.3. The van der Waals surface area contributed by atoms with Gasteiger partial charge in [0.25, 0.3) is 0 Å². The summed E-state index contributed by atoms with van der Waals surface area (Å²) in [6.45, 7) is -1.49. The van der Waals surface area contributed by atoms with E-state index < -0.39 is 12.8 Å². The van der Waals surface area contributed by atoms with Gasteiger partial charge in [-0.2, -0.15) is 18.4 Å². The molecule has 5 nitrogen and oxygen atoms in total. The maximum absolute atomic E-state index is 12.3. The predicted molar refractivity (Wildman–Crippen MR) is 101 cm³/mol. The highest BCUT2D eigenvalue weighted by atomic mass is 19.4. The highest BCUT2D eigenvalue weighted by Gasteiger charge is 2.28. The van der Waals surface area contributed by atoms with E-state index in [1.54, 1.807) is 6.07 Å². The van der Waals surface area contributed by atoms with Gasteiger partial charge in [-0.15, -0.1) is 0 Å². The summed E-state index contributed by atoms with van der Waals surface area (Å²) in [6, 6.07) is 16.9. The summed E-state index contributed by atoms with van der Waals surface area (Å²) in [5.41, 5.74) is 1.97. The quantitative estimate of drug-likeness (QED) is 0.665. The number of rotatable bonds is 6. The third-order valence-electron chi connectivity index (χ3n) is 3.98. The van der Waals surface area contributed by atoms with Crippen LogP contribution in [0.3, 0.4) is 0 Å². The minimum absolute atomic E-state index is 0.0943. The highest BCUT2D eigenvalue weighted by Crippen LogP contribution is 2.25. The molecule has 8 heteroatoms. The predicted octanol–water partition coefficient (Wildman–Crippen LogP) is 4.47. The number of benzene rings is 2. The maximum atomic E-state index is 12.3. The number of anilines is 1. The average Bonchev–Trinajstić information content (AvgIpc) is 3.21. The molecule has 0 radical (unpaired) electrons. The number of halogens is 3. The number of ether oxygens (including phenoxy) is 1. The van der Waals surface area contributed by atoms with Crippen LogP contribution in [0.5, 0.6) is 5.75 Å². The van der Waals surface area contributed by atoms with E-state index in [-0.39, 0.29) is 23.6 Å². The molecule has 0 aliphatic rings. The number of nitrogens with one attached hydrogen (secondary N) is 1. The molecule has 0 bridgehead atoms. The molecule has 0 saturated heterocycles. The molecular formula is C21H16F3N3O2. The molecule has 1 N–H and O–H groups in total. The third kappa shape index (κ3) is 5.62. The second-order valence-corrected chi connectivity index (χ2v) is 6.21. The lowest BCUT2D eigenvalue weighted by Crippen LogP contribution is -2.19. The lowest BCUT2D eigenvalue weighted by atomic mass is 10.1. The van der Waals surface area contributed by atoms with Gasteiger partial charge in [-0.05, 0) is 48.0 Å². The lowest BCUT2D eigenvalue weighted by Gasteiger charge is -2.12. The van der Waals surface area contributed by atoms with Crippen molar-refractivity contribution in [2.75, 3.05) is 11.9 Å². The maximum Gasteiger partial charge on any atom is 0.422 e. The number of hydrogen-bond acceptors (Lipinski definition) is 3. The molecule has 29 heavy (non-hydrogen) atoms. The van der Waals surface area contributed by atoms with Gasteiger partial charge in [0.05, 0.1) is 12.0 Å². The van der Waals surface area contributed by atoms with E-state index in [1.807, 2.05) is 53.4 Å². The highest BCUT2D eigenvalue weighted by molar-refractivity contribution is 5.92. The molecule has 3 rings (SSSR count). The van der Waals surface area contributed by atoms with E-state index in [0.717, 1.165) is 11.3 Å². The summed E-state index contributed by atoms with van der Waals surface area (Å²) in [5.74, 6) is -0.505. The molecular weight excluding hydrogens is 383 g/mol. The fourth-order valence-corrected chi connectivity index (χ4v) is 2.66. The Morgan fingerprint density at radius 3 is 2.41 bits per heavy atom. The van der Waals surface area contributed by atoms with Gasteiger partial charge in [0, 0.05) is 23.8 Å². The smallest absolute Gasteiger partial charge is 0.422 e. The van der Waals surface area contributed by atoms with E-state index in [4.69, 9.17) is 5.26 Å². The number of amides is 1. The van der Waals surface area contributed by atoms with Crippen LogP contribution in [0.15, 0.2) is 67.0 Å². The summed E-state index contributed by atoms with van der Waals surface area (Å²) in [6.07, 6.45) is -0.566. The molecule has 1 heterocycles. The van der Waals surface area contributed by atoms with Gasteiger partial charge in [0.15, 0.2) is 6.61 Å². The summed E-state index contributed by atoms with van der Waals surface area (Å²) in [7, 11) is 0. The average molecular weight is 399 g/mol. The molecule has 0 fully saturated rings. The van der Waals surface area contributed by atoms with Crippen LogP contribution in [0.4, 0.5) is 18.9 Å². The first-order valence-electron chi connectivity index (χ1n) is 8.60. The summed E-state index contributed by atoms with van der Waals surface area (Å²) < 4.78 is 43.4. The Bertz CT molecular complexity index is 1020. The number of nitriles is 1. The van der Waals surface area contributed by atoms with E-state index in [0.29, 0.717) is 5.69 Å². The van der Waals surface area contributed by atoms with Crippen LogP contribution in [0.1, 0.15) is 11.1 Å². The van der Waals surface area contributed by atoms with Crippen molar-refractivity contribution in [3.63, 3.8) is 0 Å². The molecule has 1 aromatic heterocycles. The summed E-state index contributed by atoms with van der Waals surface area (Å²) >= 11 is 0. The summed E-state index contributed by atoms with van der Waals surface area (Å²) in [5, 5.41) is 11.8. The van der Waals surface area contributed by atoms with E-state index >= 15 is 0 Å². The van der Waals surface area contributed by atoms with Crippen molar-refractivity contribution in [1.29, 1.82) is 5.26 Å². The largest absolute Gasteiger partial charge is 0.483 e. The fraction of sp³-hybridized carbons (Fsp3) is 0.143. The molecule has 0 aliphatic carbocycles. The third-order valence-corrected chi connectivity index (χ3v) is 3.98. The van der Waals surface area contributed by atoms with Crippen LogP contribution in [0, 0.1) is 11.3 Å². The Morgan fingerprint density at radius 1 is 1.10 bits per heavy atom. The topological polar surface area (TPSA) is 67.0 Å². The van der Waals surface area contributed by atoms with Gasteiger partial charge in [-0.1, -0.05) is 12.1 Å². The van der Waals surface area contributed by atoms with Crippen LogP contribution < -0.4 is 10.1 Å². The van der Waals surface area contributed by atoms with Crippen LogP contribution in [-0.2, 0) is 11.2 Å². The molecule has 1 amide bonds. The van der Waals surface area contributed by atoms with E-state index in [9.17, 15) is 18.0 Å². The monoisotopic (exact) mass is 399 g/mol. The minimum atomic E-state index is -4.50. The van der Waals surface area contributed by atoms with Crippen LogP contribution in [-0.4, -0.2) is 23.3 Å². The second-order valence-electron chi connectivity index (χ2n) is 6.21. The Kier molecular flexibility index (Phi) is 5.88. The zero-order valence-corrected chi connectivity index (χ0v) is 15.1. The van der Waals surface area contributed by atoms with Gasteiger partial charge in [0.1, 0.15) is 11.8 Å². The Balaban J connectivity index is 1.62. The molecule has 0 atom stereocenters. The van der Waals surface area contributed by atoms with Crippen LogP contribution >= 0.6 is 0 Å². The van der Waals surface area contributed by atoms with Gasteiger partial charge < -0.3 is 14.6 Å². The zero-order valence-electron chi connectivity index (χ0n) is 15.1. The van der Waals surface area contributed by atoms with Crippen molar-refractivity contribution in [3.05, 3.63) is 78.1 Å². The Morgan fingerprint density at radius 2 is 1.79 bits per heavy atom. The van der Waals surface area contributed by atoms with Gasteiger partial charge >= 0.3 is 6.18 Å². The molecule has 0 aliphatic heterocycles. The van der Waals surface area contributed by atoms with Crippen LogP contribution in [0.25, 0.3) is 5.69 Å². The molecule has 2 aromatic carbocycles.